The Kier molecular flexibility index (Phi) is 6.01. The van der Waals surface area contributed by atoms with Crippen molar-refractivity contribution in [3.63, 3.8) is 0 Å². The molecule has 0 bridgehead atoms. The van der Waals surface area contributed by atoms with Crippen molar-refractivity contribution in [2.45, 2.75) is 24.7 Å². The molecule has 0 saturated heterocycles. The van der Waals surface area contributed by atoms with Crippen LogP contribution >= 0.6 is 0 Å². The number of pyridine rings is 2. The number of aromatic nitrogens is 2. The summed E-state index contributed by atoms with van der Waals surface area (Å²) in [7, 11) is 0. The fourth-order valence-electron chi connectivity index (χ4n) is 3.13. The molecule has 0 amide bonds. The van der Waals surface area contributed by atoms with Crippen LogP contribution in [0.5, 0.6) is 0 Å². The predicted molar refractivity (Wildman–Crippen MR) is 98.5 cm³/mol. The first-order valence-corrected chi connectivity index (χ1v) is 8.88. The lowest BCUT2D eigenvalue weighted by Crippen LogP contribution is -2.18. The van der Waals surface area contributed by atoms with Gasteiger partial charge in [0.15, 0.2) is 5.78 Å². The van der Waals surface area contributed by atoms with Gasteiger partial charge in [-0.2, -0.15) is 26.3 Å². The molecule has 0 radical (unpaired) electrons. The first kappa shape index (κ1) is 22.3. The Bertz CT molecular complexity index is 1130. The largest absolute Gasteiger partial charge is 0.418 e. The molecule has 0 aliphatic rings. The molecule has 1 N–H and O–H groups in total. The fraction of sp³-hybridized carbons (Fsp3) is 0.190. The van der Waals surface area contributed by atoms with Crippen LogP contribution in [0.25, 0.3) is 0 Å². The molecule has 0 aliphatic carbocycles. The van der Waals surface area contributed by atoms with E-state index in [2.05, 4.69) is 9.97 Å². The summed E-state index contributed by atoms with van der Waals surface area (Å²) in [5, 5.41) is 0. The normalized spacial score (nSPS) is 13.1. The number of alkyl halides is 6. The molecule has 4 nitrogen and oxygen atoms in total. The van der Waals surface area contributed by atoms with Crippen LogP contribution in [0.1, 0.15) is 45.1 Å². The van der Waals surface area contributed by atoms with Crippen LogP contribution in [0.2, 0.25) is 0 Å². The number of rotatable bonds is 5. The van der Waals surface area contributed by atoms with E-state index in [-0.39, 0.29) is 11.1 Å². The summed E-state index contributed by atoms with van der Waals surface area (Å²) in [4.78, 5) is 30.3. The number of Topliss-reactive ketones (excluding diaryl/α,β-unsaturated/α-hetero) is 1. The molecule has 2 heterocycles. The molecule has 3 aromatic rings. The van der Waals surface area contributed by atoms with Crippen molar-refractivity contribution < 1.29 is 31.1 Å². The van der Waals surface area contributed by atoms with Crippen molar-refractivity contribution >= 4 is 5.78 Å². The topological polar surface area (TPSA) is 62.8 Å². The highest BCUT2D eigenvalue weighted by Crippen LogP contribution is 2.39. The average Bonchev–Trinajstić information content (AvgIpc) is 2.71. The zero-order valence-electron chi connectivity index (χ0n) is 15.6. The zero-order valence-corrected chi connectivity index (χ0v) is 15.6. The van der Waals surface area contributed by atoms with E-state index in [0.717, 1.165) is 48.7 Å². The Labute approximate surface area is 171 Å². The fourth-order valence-corrected chi connectivity index (χ4v) is 3.13. The molecule has 0 aliphatic heterocycles. The maximum absolute atomic E-state index is 13.5. The maximum atomic E-state index is 13.5. The number of benzene rings is 1. The molecule has 162 valence electrons. The highest BCUT2D eigenvalue weighted by Gasteiger charge is 2.37. The van der Waals surface area contributed by atoms with E-state index in [9.17, 15) is 35.9 Å². The molecule has 1 aromatic carbocycles. The van der Waals surface area contributed by atoms with Crippen LogP contribution in [0.3, 0.4) is 0 Å². The highest BCUT2D eigenvalue weighted by molar-refractivity contribution is 5.96. The van der Waals surface area contributed by atoms with Gasteiger partial charge >= 0.3 is 12.4 Å². The van der Waals surface area contributed by atoms with E-state index in [1.54, 1.807) is 0 Å². The van der Waals surface area contributed by atoms with E-state index < -0.39 is 52.9 Å². The molecule has 10 heteroatoms. The van der Waals surface area contributed by atoms with Gasteiger partial charge < -0.3 is 4.98 Å². The molecule has 3 rings (SSSR count). The minimum atomic E-state index is -4.79. The first-order valence-electron chi connectivity index (χ1n) is 8.88. The Morgan fingerprint density at radius 2 is 1.65 bits per heavy atom. The molecule has 0 fully saturated rings. The van der Waals surface area contributed by atoms with Gasteiger partial charge in [0.1, 0.15) is 0 Å². The summed E-state index contributed by atoms with van der Waals surface area (Å²) < 4.78 is 79.3. The van der Waals surface area contributed by atoms with Gasteiger partial charge in [-0.15, -0.1) is 0 Å². The second-order valence-electron chi connectivity index (χ2n) is 6.68. The number of ketones is 1. The third-order valence-electron chi connectivity index (χ3n) is 4.60. The van der Waals surface area contributed by atoms with Gasteiger partial charge in [0.2, 0.25) is 5.56 Å². The van der Waals surface area contributed by atoms with E-state index in [1.807, 2.05) is 0 Å². The number of hydrogen-bond acceptors (Lipinski definition) is 3. The first-order chi connectivity index (χ1) is 14.5. The smallest absolute Gasteiger partial charge is 0.329 e. The summed E-state index contributed by atoms with van der Waals surface area (Å²) in [6.45, 7) is 0. The highest BCUT2D eigenvalue weighted by atomic mass is 19.4. The number of nitrogens with zero attached hydrogens (tertiary/aromatic N) is 1. The number of aromatic amines is 1. The Morgan fingerprint density at radius 1 is 0.968 bits per heavy atom. The van der Waals surface area contributed by atoms with Crippen LogP contribution in [-0.4, -0.2) is 15.8 Å². The second kappa shape index (κ2) is 8.37. The third-order valence-corrected chi connectivity index (χ3v) is 4.60. The number of nitrogens with one attached hydrogen (secondary N) is 1. The summed E-state index contributed by atoms with van der Waals surface area (Å²) in [6.07, 6.45) is -7.63. The Morgan fingerprint density at radius 3 is 2.23 bits per heavy atom. The SMILES string of the molecule is O=C(C[C@@H](c1ccc(C(F)(F)F)cc1)c1ncccc1C(F)(F)F)c1cc[nH]c(=O)c1. The van der Waals surface area contributed by atoms with Gasteiger partial charge in [0, 0.05) is 36.4 Å². The average molecular weight is 440 g/mol. The van der Waals surface area contributed by atoms with Crippen molar-refractivity contribution in [2.75, 3.05) is 0 Å². The summed E-state index contributed by atoms with van der Waals surface area (Å²) >= 11 is 0. The number of hydrogen-bond donors (Lipinski definition) is 1. The van der Waals surface area contributed by atoms with Crippen LogP contribution in [0.15, 0.2) is 65.7 Å². The summed E-state index contributed by atoms with van der Waals surface area (Å²) in [5.41, 5.74) is -3.13. The number of carbonyl (C=O) groups excluding carboxylic acids is 1. The van der Waals surface area contributed by atoms with E-state index in [0.29, 0.717) is 0 Å². The van der Waals surface area contributed by atoms with Gasteiger partial charge in [-0.25, -0.2) is 0 Å². The van der Waals surface area contributed by atoms with Crippen LogP contribution in [-0.2, 0) is 12.4 Å². The van der Waals surface area contributed by atoms with Crippen LogP contribution < -0.4 is 5.56 Å². The van der Waals surface area contributed by atoms with E-state index in [1.165, 1.54) is 12.3 Å². The number of H-pyrrole nitrogens is 1. The van der Waals surface area contributed by atoms with Crippen LogP contribution in [0, 0.1) is 0 Å². The van der Waals surface area contributed by atoms with E-state index in [4.69, 9.17) is 0 Å². The zero-order chi connectivity index (χ0) is 22.8. The number of halogens is 6. The lowest BCUT2D eigenvalue weighted by Gasteiger charge is -2.21. The van der Waals surface area contributed by atoms with Gasteiger partial charge in [-0.1, -0.05) is 12.1 Å². The number of carbonyl (C=O) groups is 1. The van der Waals surface area contributed by atoms with Crippen molar-refractivity contribution in [1.82, 2.24) is 9.97 Å². The maximum Gasteiger partial charge on any atom is 0.418 e. The van der Waals surface area contributed by atoms with Gasteiger partial charge in [-0.3, -0.25) is 14.6 Å². The van der Waals surface area contributed by atoms with Crippen molar-refractivity contribution in [2.24, 2.45) is 0 Å². The van der Waals surface area contributed by atoms with Crippen molar-refractivity contribution in [3.05, 3.63) is 99.2 Å². The molecule has 0 spiro atoms. The minimum Gasteiger partial charge on any atom is -0.329 e. The molecular formula is C21H14F6N2O2. The minimum absolute atomic E-state index is 0.0369. The van der Waals surface area contributed by atoms with Gasteiger partial charge in [0.05, 0.1) is 16.8 Å². The van der Waals surface area contributed by atoms with Crippen molar-refractivity contribution in [1.29, 1.82) is 0 Å². The van der Waals surface area contributed by atoms with E-state index >= 15 is 0 Å². The second-order valence-corrected chi connectivity index (χ2v) is 6.68. The summed E-state index contributed by atoms with van der Waals surface area (Å²) in [6, 6.07) is 7.66. The lowest BCUT2D eigenvalue weighted by atomic mass is 9.86. The third kappa shape index (κ3) is 5.19. The Balaban J connectivity index is 2.09. The Hall–Kier alpha value is -3.43. The molecule has 0 unspecified atom stereocenters. The quantitative estimate of drug-likeness (QED) is 0.438. The molecule has 31 heavy (non-hydrogen) atoms. The van der Waals surface area contributed by atoms with Crippen LogP contribution in [0.4, 0.5) is 26.3 Å². The predicted octanol–water partition coefficient (Wildman–Crippen LogP) is 5.21. The standard InChI is InChI=1S/C21H14F6N2O2/c22-20(23,24)14-5-3-12(4-6-14)15(11-17(30)13-7-9-28-18(31)10-13)19-16(21(25,26)27)2-1-8-29-19/h1-10,15H,11H2,(H,28,31)/t15-/m0/s1. The lowest BCUT2D eigenvalue weighted by molar-refractivity contribution is -0.139. The van der Waals surface area contributed by atoms with Gasteiger partial charge in [-0.05, 0) is 35.9 Å². The molecular weight excluding hydrogens is 426 g/mol. The monoisotopic (exact) mass is 440 g/mol. The van der Waals surface area contributed by atoms with Gasteiger partial charge in [0.25, 0.3) is 0 Å². The molecule has 1 atom stereocenters. The molecule has 0 saturated carbocycles. The molecule has 2 aromatic heterocycles. The van der Waals surface area contributed by atoms with Crippen molar-refractivity contribution in [3.8, 4) is 0 Å². The summed E-state index contributed by atoms with van der Waals surface area (Å²) in [5.74, 6) is -1.94.